The SMILES string of the molecule is C[C@H]1CC[C@]2(CC(CC(F)(F)F)=NO2)[C@H]2CN1C(=O)c1c(O)c(=O)c(C(=O)NCc3c(F)cc(F)cc3F)cn12. The maximum absolute atomic E-state index is 14.0. The molecule has 2 N–H and O–H groups in total. The fourth-order valence-corrected chi connectivity index (χ4v) is 5.52. The standard InChI is InChI=1S/C25H22F6N4O5/c1-11-2-3-24(6-13(33-40-24)7-25(29,30)31)18-10-34(11)23(39)19-21(37)20(36)15(9-35(18)19)22(38)32-8-14-16(27)4-12(26)5-17(14)28/h4-5,9,11,18,37H,2-3,6-8,10H2,1H3,(H,32,38)/t11-,18+,24-/m0/s1. The lowest BCUT2D eigenvalue weighted by Gasteiger charge is -2.41. The van der Waals surface area contributed by atoms with Gasteiger partial charge in [0.2, 0.25) is 5.43 Å². The van der Waals surface area contributed by atoms with Gasteiger partial charge in [0.15, 0.2) is 17.0 Å². The van der Waals surface area contributed by atoms with E-state index in [-0.39, 0.29) is 25.1 Å². The summed E-state index contributed by atoms with van der Waals surface area (Å²) in [5, 5.41) is 16.6. The molecule has 2 aromatic rings. The molecule has 1 spiro atoms. The molecule has 4 heterocycles. The van der Waals surface area contributed by atoms with Crippen LogP contribution in [0.2, 0.25) is 0 Å². The van der Waals surface area contributed by atoms with Gasteiger partial charge in [0, 0.05) is 49.4 Å². The van der Waals surface area contributed by atoms with Crippen LogP contribution in [0.4, 0.5) is 26.3 Å². The molecule has 9 nitrogen and oxygen atoms in total. The minimum absolute atomic E-state index is 0.0722. The van der Waals surface area contributed by atoms with E-state index in [0.29, 0.717) is 18.6 Å². The summed E-state index contributed by atoms with van der Waals surface area (Å²) in [6.45, 7) is 0.853. The van der Waals surface area contributed by atoms with Gasteiger partial charge in [0.05, 0.1) is 18.2 Å². The Kier molecular flexibility index (Phi) is 6.57. The van der Waals surface area contributed by atoms with E-state index in [9.17, 15) is 45.8 Å². The van der Waals surface area contributed by atoms with E-state index in [2.05, 4.69) is 10.5 Å². The Morgan fingerprint density at radius 1 is 1.23 bits per heavy atom. The highest BCUT2D eigenvalue weighted by Gasteiger charge is 2.55. The number of benzene rings is 1. The van der Waals surface area contributed by atoms with Crippen molar-refractivity contribution in [3.8, 4) is 5.75 Å². The van der Waals surface area contributed by atoms with Crippen LogP contribution in [-0.2, 0) is 11.4 Å². The lowest BCUT2D eigenvalue weighted by Crippen LogP contribution is -2.52. The third-order valence-electron chi connectivity index (χ3n) is 7.54. The number of fused-ring (bicyclic) bond motifs is 5. The minimum atomic E-state index is -4.55. The van der Waals surface area contributed by atoms with Crippen molar-refractivity contribution in [2.75, 3.05) is 6.54 Å². The highest BCUT2D eigenvalue weighted by atomic mass is 19.4. The number of carbonyl (C=O) groups excluding carboxylic acids is 2. The van der Waals surface area contributed by atoms with Crippen molar-refractivity contribution >= 4 is 17.5 Å². The summed E-state index contributed by atoms with van der Waals surface area (Å²) < 4.78 is 81.6. The molecule has 2 amide bonds. The van der Waals surface area contributed by atoms with Gasteiger partial charge in [-0.2, -0.15) is 13.2 Å². The summed E-state index contributed by atoms with van der Waals surface area (Å²) >= 11 is 0. The third-order valence-corrected chi connectivity index (χ3v) is 7.54. The molecule has 1 saturated heterocycles. The van der Waals surface area contributed by atoms with Crippen LogP contribution < -0.4 is 10.7 Å². The number of nitrogens with one attached hydrogen (secondary N) is 1. The number of nitrogens with zero attached hydrogens (tertiary/aromatic N) is 3. The van der Waals surface area contributed by atoms with E-state index in [0.717, 1.165) is 10.8 Å². The van der Waals surface area contributed by atoms with Gasteiger partial charge in [-0.05, 0) is 19.8 Å². The summed E-state index contributed by atoms with van der Waals surface area (Å²) in [6, 6.07) is -0.559. The fourth-order valence-electron chi connectivity index (χ4n) is 5.52. The number of alkyl halides is 3. The fraction of sp³-hybridized carbons (Fsp3) is 0.440. The average Bonchev–Trinajstić information content (AvgIpc) is 3.20. The van der Waals surface area contributed by atoms with E-state index in [1.165, 1.54) is 4.90 Å². The number of rotatable bonds is 4. The monoisotopic (exact) mass is 572 g/mol. The number of hydrogen-bond acceptors (Lipinski definition) is 6. The first-order valence-corrected chi connectivity index (χ1v) is 12.2. The zero-order valence-electron chi connectivity index (χ0n) is 20.8. The topological polar surface area (TPSA) is 113 Å². The normalized spacial score (nSPS) is 23.9. The Labute approximate surface area is 222 Å². The van der Waals surface area contributed by atoms with Crippen molar-refractivity contribution in [3.05, 3.63) is 62.8 Å². The number of aromatic hydroxyl groups is 1. The molecule has 5 rings (SSSR count). The van der Waals surface area contributed by atoms with Crippen LogP contribution in [0.1, 0.15) is 65.1 Å². The van der Waals surface area contributed by atoms with Crippen molar-refractivity contribution in [3.63, 3.8) is 0 Å². The maximum atomic E-state index is 14.0. The van der Waals surface area contributed by atoms with Gasteiger partial charge in [-0.15, -0.1) is 0 Å². The largest absolute Gasteiger partial charge is 0.503 e. The van der Waals surface area contributed by atoms with Gasteiger partial charge in [-0.25, -0.2) is 13.2 Å². The van der Waals surface area contributed by atoms with Crippen molar-refractivity contribution in [1.29, 1.82) is 0 Å². The molecule has 1 aromatic heterocycles. The van der Waals surface area contributed by atoms with Gasteiger partial charge in [0.25, 0.3) is 11.8 Å². The molecule has 3 aliphatic heterocycles. The van der Waals surface area contributed by atoms with Gasteiger partial charge < -0.3 is 24.7 Å². The summed E-state index contributed by atoms with van der Waals surface area (Å²) in [5.41, 5.74) is -4.76. The molecule has 3 atom stereocenters. The van der Waals surface area contributed by atoms with E-state index < -0.39 is 94.1 Å². The van der Waals surface area contributed by atoms with Crippen molar-refractivity contribution in [2.45, 2.75) is 63.0 Å². The third kappa shape index (κ3) is 4.66. The second-order valence-corrected chi connectivity index (χ2v) is 10.2. The van der Waals surface area contributed by atoms with Crippen LogP contribution in [-0.4, -0.2) is 56.5 Å². The second-order valence-electron chi connectivity index (χ2n) is 10.2. The Bertz CT molecular complexity index is 1480. The molecule has 3 aliphatic rings. The number of carbonyl (C=O) groups is 2. The molecule has 0 aliphatic carbocycles. The lowest BCUT2D eigenvalue weighted by atomic mass is 9.83. The number of amides is 2. The van der Waals surface area contributed by atoms with E-state index in [1.807, 2.05) is 0 Å². The van der Waals surface area contributed by atoms with E-state index >= 15 is 0 Å². The molecule has 40 heavy (non-hydrogen) atoms. The first-order valence-electron chi connectivity index (χ1n) is 12.2. The number of hydrogen-bond donors (Lipinski definition) is 2. The minimum Gasteiger partial charge on any atom is -0.503 e. The quantitative estimate of drug-likeness (QED) is 0.545. The number of aromatic nitrogens is 1. The van der Waals surface area contributed by atoms with Crippen molar-refractivity contribution in [2.24, 2.45) is 5.16 Å². The van der Waals surface area contributed by atoms with Crippen LogP contribution in [0.15, 0.2) is 28.3 Å². The smallest absolute Gasteiger partial charge is 0.394 e. The van der Waals surface area contributed by atoms with E-state index in [1.54, 1.807) is 6.92 Å². The van der Waals surface area contributed by atoms with Crippen LogP contribution in [0.3, 0.4) is 0 Å². The van der Waals surface area contributed by atoms with Crippen molar-refractivity contribution < 1.29 is 45.9 Å². The molecule has 2 bridgehead atoms. The first-order chi connectivity index (χ1) is 18.7. The van der Waals surface area contributed by atoms with Crippen LogP contribution in [0.5, 0.6) is 5.75 Å². The van der Waals surface area contributed by atoms with Gasteiger partial charge >= 0.3 is 6.18 Å². The Morgan fingerprint density at radius 3 is 2.55 bits per heavy atom. The second kappa shape index (κ2) is 9.55. The molecule has 1 aromatic carbocycles. The molecule has 1 fully saturated rings. The molecule has 0 radical (unpaired) electrons. The Morgan fingerprint density at radius 2 is 1.90 bits per heavy atom. The van der Waals surface area contributed by atoms with Gasteiger partial charge in [-0.1, -0.05) is 5.16 Å². The van der Waals surface area contributed by atoms with Crippen LogP contribution >= 0.6 is 0 Å². The molecular weight excluding hydrogens is 550 g/mol. The Balaban J connectivity index is 1.53. The number of halogens is 6. The van der Waals surface area contributed by atoms with Crippen LogP contribution in [0, 0.1) is 17.5 Å². The number of oxime groups is 1. The van der Waals surface area contributed by atoms with Gasteiger partial charge in [0.1, 0.15) is 23.0 Å². The van der Waals surface area contributed by atoms with Crippen molar-refractivity contribution in [1.82, 2.24) is 14.8 Å². The predicted molar refractivity (Wildman–Crippen MR) is 125 cm³/mol. The van der Waals surface area contributed by atoms with Crippen LogP contribution in [0.25, 0.3) is 0 Å². The molecule has 15 heteroatoms. The zero-order chi connectivity index (χ0) is 29.1. The predicted octanol–water partition coefficient (Wildman–Crippen LogP) is 3.55. The first kappa shape index (κ1) is 27.5. The maximum Gasteiger partial charge on any atom is 0.394 e. The highest BCUT2D eigenvalue weighted by molar-refractivity contribution is 5.99. The summed E-state index contributed by atoms with van der Waals surface area (Å²) in [7, 11) is 0. The Hall–Kier alpha value is -4.04. The summed E-state index contributed by atoms with van der Waals surface area (Å²) in [4.78, 5) is 46.2. The lowest BCUT2D eigenvalue weighted by molar-refractivity contribution is -0.121. The number of pyridine rings is 1. The average molecular weight is 572 g/mol. The molecular formula is C25H22F6N4O5. The van der Waals surface area contributed by atoms with E-state index in [4.69, 9.17) is 4.84 Å². The molecule has 0 unspecified atom stereocenters. The zero-order valence-corrected chi connectivity index (χ0v) is 20.8. The molecule has 214 valence electrons. The molecule has 0 saturated carbocycles. The van der Waals surface area contributed by atoms with Gasteiger partial charge in [-0.3, -0.25) is 14.4 Å². The summed E-state index contributed by atoms with van der Waals surface area (Å²) in [5.74, 6) is -6.72. The summed E-state index contributed by atoms with van der Waals surface area (Å²) in [6.07, 6.45) is -4.65. The highest BCUT2D eigenvalue weighted by Crippen LogP contribution is 2.47.